The second kappa shape index (κ2) is 5.33. The molecular weight excluding hydrogens is 282 g/mol. The third-order valence-electron chi connectivity index (χ3n) is 2.53. The molecule has 0 aliphatic rings. The van der Waals surface area contributed by atoms with Crippen LogP contribution in [0.5, 0.6) is 0 Å². The average molecular weight is 295 g/mol. The van der Waals surface area contributed by atoms with E-state index in [0.717, 1.165) is 5.69 Å². The lowest BCUT2D eigenvalue weighted by Gasteiger charge is -2.06. The van der Waals surface area contributed by atoms with Gasteiger partial charge in [0.05, 0.1) is 17.6 Å². The predicted molar refractivity (Wildman–Crippen MR) is 71.9 cm³/mol. The van der Waals surface area contributed by atoms with E-state index >= 15 is 0 Å². The monoisotopic (exact) mass is 295 g/mol. The number of aryl methyl sites for hydroxylation is 1. The molecule has 20 heavy (non-hydrogen) atoms. The number of benzene rings is 1. The normalized spacial score (nSPS) is 11.1. The van der Waals surface area contributed by atoms with Crippen LogP contribution in [0.1, 0.15) is 16.1 Å². The van der Waals surface area contributed by atoms with Crippen molar-refractivity contribution in [3.63, 3.8) is 0 Å². The number of hydrogen-bond donors (Lipinski definition) is 2. The van der Waals surface area contributed by atoms with Gasteiger partial charge in [-0.2, -0.15) is 5.10 Å². The molecule has 0 aliphatic carbocycles. The number of aromatic amines is 1. The SMILES string of the molecule is COC(=O)c1ccc(S(=O)(=O)Nc2cc(C)[nH]n2)cc1. The summed E-state index contributed by atoms with van der Waals surface area (Å²) in [6.07, 6.45) is 0. The number of ether oxygens (including phenoxy) is 1. The summed E-state index contributed by atoms with van der Waals surface area (Å²) < 4.78 is 31.0. The zero-order valence-electron chi connectivity index (χ0n) is 10.9. The minimum Gasteiger partial charge on any atom is -0.465 e. The standard InChI is InChI=1S/C12H13N3O4S/c1-8-7-11(14-13-8)15-20(17,18)10-5-3-9(4-6-10)12(16)19-2/h3-7H,1-2H3,(H2,13,14,15). The van der Waals surface area contributed by atoms with Crippen LogP contribution in [-0.4, -0.2) is 31.7 Å². The van der Waals surface area contributed by atoms with Crippen molar-refractivity contribution in [3.05, 3.63) is 41.6 Å². The number of hydrogen-bond acceptors (Lipinski definition) is 5. The van der Waals surface area contributed by atoms with Gasteiger partial charge >= 0.3 is 5.97 Å². The van der Waals surface area contributed by atoms with E-state index in [4.69, 9.17) is 0 Å². The third kappa shape index (κ3) is 2.97. The van der Waals surface area contributed by atoms with E-state index in [1.165, 1.54) is 31.4 Å². The van der Waals surface area contributed by atoms with Crippen LogP contribution < -0.4 is 4.72 Å². The number of H-pyrrole nitrogens is 1. The van der Waals surface area contributed by atoms with Gasteiger partial charge in [0.1, 0.15) is 0 Å². The first kappa shape index (κ1) is 14.1. The van der Waals surface area contributed by atoms with Crippen LogP contribution in [0, 0.1) is 6.92 Å². The molecule has 0 saturated heterocycles. The van der Waals surface area contributed by atoms with Crippen LogP contribution in [0.25, 0.3) is 0 Å². The largest absolute Gasteiger partial charge is 0.465 e. The molecule has 2 aromatic rings. The summed E-state index contributed by atoms with van der Waals surface area (Å²) in [4.78, 5) is 11.3. The van der Waals surface area contributed by atoms with Gasteiger partial charge in [-0.3, -0.25) is 9.82 Å². The Morgan fingerprint density at radius 1 is 1.30 bits per heavy atom. The first-order valence-electron chi connectivity index (χ1n) is 5.65. The van der Waals surface area contributed by atoms with Crippen molar-refractivity contribution in [3.8, 4) is 0 Å². The number of carbonyl (C=O) groups excluding carboxylic acids is 1. The minimum absolute atomic E-state index is 0.0332. The predicted octanol–water partition coefficient (Wildman–Crippen LogP) is 1.31. The summed E-state index contributed by atoms with van der Waals surface area (Å²) in [5.41, 5.74) is 1.02. The highest BCUT2D eigenvalue weighted by Crippen LogP contribution is 2.15. The van der Waals surface area contributed by atoms with Crippen LogP contribution in [-0.2, 0) is 14.8 Å². The molecule has 1 aromatic heterocycles. The van der Waals surface area contributed by atoms with Crippen molar-refractivity contribution < 1.29 is 17.9 Å². The van der Waals surface area contributed by atoms with Gasteiger partial charge in [0, 0.05) is 11.8 Å². The highest BCUT2D eigenvalue weighted by Gasteiger charge is 2.16. The van der Waals surface area contributed by atoms with Gasteiger partial charge in [-0.25, -0.2) is 13.2 Å². The Bertz CT molecular complexity index is 719. The van der Waals surface area contributed by atoms with Crippen molar-refractivity contribution in [2.24, 2.45) is 0 Å². The Balaban J connectivity index is 2.23. The Morgan fingerprint density at radius 2 is 1.95 bits per heavy atom. The average Bonchev–Trinajstić information content (AvgIpc) is 2.82. The number of rotatable bonds is 4. The van der Waals surface area contributed by atoms with E-state index in [1.54, 1.807) is 13.0 Å². The van der Waals surface area contributed by atoms with Crippen LogP contribution in [0.15, 0.2) is 35.2 Å². The highest BCUT2D eigenvalue weighted by molar-refractivity contribution is 7.92. The van der Waals surface area contributed by atoms with E-state index in [1.807, 2.05) is 0 Å². The van der Waals surface area contributed by atoms with Crippen molar-refractivity contribution in [2.45, 2.75) is 11.8 Å². The minimum atomic E-state index is -3.73. The molecule has 0 bridgehead atoms. The molecule has 1 heterocycles. The number of aromatic nitrogens is 2. The van der Waals surface area contributed by atoms with Gasteiger partial charge in [0.25, 0.3) is 10.0 Å². The lowest BCUT2D eigenvalue weighted by Crippen LogP contribution is -2.13. The number of anilines is 1. The van der Waals surface area contributed by atoms with Gasteiger partial charge in [0.2, 0.25) is 0 Å². The van der Waals surface area contributed by atoms with E-state index < -0.39 is 16.0 Å². The molecule has 0 fully saturated rings. The first-order chi connectivity index (χ1) is 9.42. The van der Waals surface area contributed by atoms with E-state index in [-0.39, 0.29) is 16.3 Å². The molecule has 0 atom stereocenters. The zero-order valence-corrected chi connectivity index (χ0v) is 11.7. The summed E-state index contributed by atoms with van der Waals surface area (Å²) in [5.74, 6) is -0.315. The second-order valence-corrected chi connectivity index (χ2v) is 5.74. The quantitative estimate of drug-likeness (QED) is 0.828. The van der Waals surface area contributed by atoms with Crippen molar-refractivity contribution >= 4 is 21.8 Å². The Kier molecular flexibility index (Phi) is 3.75. The van der Waals surface area contributed by atoms with Gasteiger partial charge in [-0.05, 0) is 31.2 Å². The number of nitrogens with zero attached hydrogens (tertiary/aromatic N) is 1. The molecule has 0 aliphatic heterocycles. The van der Waals surface area contributed by atoms with Crippen molar-refractivity contribution in [1.29, 1.82) is 0 Å². The maximum Gasteiger partial charge on any atom is 0.337 e. The Hall–Kier alpha value is -2.35. The van der Waals surface area contributed by atoms with Crippen molar-refractivity contribution in [2.75, 3.05) is 11.8 Å². The van der Waals surface area contributed by atoms with Crippen LogP contribution in [0.3, 0.4) is 0 Å². The fraction of sp³-hybridized carbons (Fsp3) is 0.167. The number of methoxy groups -OCH3 is 1. The van der Waals surface area contributed by atoms with Crippen LogP contribution >= 0.6 is 0 Å². The fourth-order valence-electron chi connectivity index (χ4n) is 1.55. The van der Waals surface area contributed by atoms with Crippen LogP contribution in [0.4, 0.5) is 5.82 Å². The van der Waals surface area contributed by atoms with Crippen LogP contribution in [0.2, 0.25) is 0 Å². The first-order valence-corrected chi connectivity index (χ1v) is 7.14. The van der Waals surface area contributed by atoms with E-state index in [0.29, 0.717) is 0 Å². The van der Waals surface area contributed by atoms with Gasteiger partial charge in [-0.15, -0.1) is 0 Å². The van der Waals surface area contributed by atoms with E-state index in [2.05, 4.69) is 19.7 Å². The number of carbonyl (C=O) groups is 1. The summed E-state index contributed by atoms with van der Waals surface area (Å²) >= 11 is 0. The molecule has 7 nitrogen and oxygen atoms in total. The summed E-state index contributed by atoms with van der Waals surface area (Å²) in [7, 11) is -2.48. The molecule has 2 rings (SSSR count). The summed E-state index contributed by atoms with van der Waals surface area (Å²) in [6.45, 7) is 1.76. The number of sulfonamides is 1. The molecule has 2 N–H and O–H groups in total. The van der Waals surface area contributed by atoms with Crippen molar-refractivity contribution in [1.82, 2.24) is 10.2 Å². The Labute approximate surface area is 116 Å². The zero-order chi connectivity index (χ0) is 14.8. The molecule has 0 saturated carbocycles. The molecule has 0 unspecified atom stereocenters. The highest BCUT2D eigenvalue weighted by atomic mass is 32.2. The molecule has 8 heteroatoms. The number of esters is 1. The molecule has 0 amide bonds. The molecular formula is C12H13N3O4S. The molecule has 0 radical (unpaired) electrons. The van der Waals surface area contributed by atoms with Gasteiger partial charge in [-0.1, -0.05) is 0 Å². The molecule has 1 aromatic carbocycles. The maximum atomic E-state index is 12.1. The second-order valence-electron chi connectivity index (χ2n) is 4.06. The summed E-state index contributed by atoms with van der Waals surface area (Å²) in [5, 5.41) is 6.43. The fourth-order valence-corrected chi connectivity index (χ4v) is 2.55. The van der Waals surface area contributed by atoms with Gasteiger partial charge in [0.15, 0.2) is 5.82 Å². The molecule has 106 valence electrons. The van der Waals surface area contributed by atoms with E-state index in [9.17, 15) is 13.2 Å². The third-order valence-corrected chi connectivity index (χ3v) is 3.90. The smallest absolute Gasteiger partial charge is 0.337 e. The maximum absolute atomic E-state index is 12.1. The van der Waals surface area contributed by atoms with Gasteiger partial charge < -0.3 is 4.74 Å². The topological polar surface area (TPSA) is 101 Å². The molecule has 0 spiro atoms. The lowest BCUT2D eigenvalue weighted by atomic mass is 10.2. The Morgan fingerprint density at radius 3 is 2.45 bits per heavy atom. The summed E-state index contributed by atoms with van der Waals surface area (Å²) in [6, 6.07) is 6.99. The lowest BCUT2D eigenvalue weighted by molar-refractivity contribution is 0.0600. The number of nitrogens with one attached hydrogen (secondary N) is 2.